The van der Waals surface area contributed by atoms with Gasteiger partial charge in [-0.3, -0.25) is 4.98 Å². The molecule has 0 saturated carbocycles. The minimum atomic E-state index is 0.322. The third kappa shape index (κ3) is 3.05. The first-order chi connectivity index (χ1) is 8.16. The maximum Gasteiger partial charge on any atom is 0.175 e. The SMILES string of the molecule is CN(Cc1cccnc1)c1cc(Cl)nnc1Cl. The van der Waals surface area contributed by atoms with Gasteiger partial charge in [-0.25, -0.2) is 0 Å². The van der Waals surface area contributed by atoms with Crippen molar-refractivity contribution >= 4 is 28.9 Å². The Morgan fingerprint density at radius 1 is 1.29 bits per heavy atom. The van der Waals surface area contributed by atoms with Crippen LogP contribution in [-0.4, -0.2) is 22.2 Å². The van der Waals surface area contributed by atoms with Crippen LogP contribution in [0.15, 0.2) is 30.6 Å². The van der Waals surface area contributed by atoms with E-state index in [2.05, 4.69) is 15.2 Å². The summed E-state index contributed by atoms with van der Waals surface area (Å²) in [4.78, 5) is 6.00. The van der Waals surface area contributed by atoms with Gasteiger partial charge in [-0.2, -0.15) is 0 Å². The Balaban J connectivity index is 2.20. The van der Waals surface area contributed by atoms with E-state index in [-0.39, 0.29) is 0 Å². The highest BCUT2D eigenvalue weighted by Crippen LogP contribution is 2.25. The molecule has 2 rings (SSSR count). The van der Waals surface area contributed by atoms with Crippen LogP contribution in [-0.2, 0) is 6.54 Å². The van der Waals surface area contributed by atoms with Crippen molar-refractivity contribution in [2.45, 2.75) is 6.54 Å². The first kappa shape index (κ1) is 12.1. The van der Waals surface area contributed by atoms with Crippen molar-refractivity contribution in [2.24, 2.45) is 0 Å². The average molecular weight is 269 g/mol. The van der Waals surface area contributed by atoms with Gasteiger partial charge in [0.25, 0.3) is 0 Å². The summed E-state index contributed by atoms with van der Waals surface area (Å²) in [6.07, 6.45) is 3.54. The van der Waals surface area contributed by atoms with Crippen LogP contribution in [0.3, 0.4) is 0 Å². The predicted molar refractivity (Wildman–Crippen MR) is 68.4 cm³/mol. The number of halogens is 2. The van der Waals surface area contributed by atoms with Crippen LogP contribution in [0.2, 0.25) is 10.3 Å². The third-order valence-corrected chi connectivity index (χ3v) is 2.71. The molecule has 0 amide bonds. The van der Waals surface area contributed by atoms with E-state index in [1.165, 1.54) is 0 Å². The number of rotatable bonds is 3. The van der Waals surface area contributed by atoms with E-state index in [9.17, 15) is 0 Å². The molecule has 6 heteroatoms. The van der Waals surface area contributed by atoms with Gasteiger partial charge in [0.05, 0.1) is 5.69 Å². The molecular weight excluding hydrogens is 259 g/mol. The zero-order chi connectivity index (χ0) is 12.3. The lowest BCUT2D eigenvalue weighted by Crippen LogP contribution is -2.17. The lowest BCUT2D eigenvalue weighted by Gasteiger charge is -2.19. The molecule has 0 spiro atoms. The molecule has 0 aromatic carbocycles. The molecule has 4 nitrogen and oxygen atoms in total. The van der Waals surface area contributed by atoms with E-state index in [0.717, 1.165) is 11.3 Å². The van der Waals surface area contributed by atoms with Crippen LogP contribution in [0.25, 0.3) is 0 Å². The first-order valence-electron chi connectivity index (χ1n) is 4.95. The van der Waals surface area contributed by atoms with E-state index in [0.29, 0.717) is 16.9 Å². The van der Waals surface area contributed by atoms with Gasteiger partial charge in [0.2, 0.25) is 0 Å². The molecule has 2 aromatic rings. The normalized spacial score (nSPS) is 10.3. The minimum absolute atomic E-state index is 0.322. The number of hydrogen-bond acceptors (Lipinski definition) is 4. The van der Waals surface area contributed by atoms with Gasteiger partial charge < -0.3 is 4.90 Å². The second-order valence-electron chi connectivity index (χ2n) is 3.56. The standard InChI is InChI=1S/C11H10Cl2N4/c1-17(7-8-3-2-4-14-6-8)9-5-10(12)15-16-11(9)13/h2-6H,7H2,1H3. The van der Waals surface area contributed by atoms with Crippen LogP contribution < -0.4 is 4.90 Å². The minimum Gasteiger partial charge on any atom is -0.368 e. The monoisotopic (exact) mass is 268 g/mol. The fourth-order valence-electron chi connectivity index (χ4n) is 1.46. The van der Waals surface area contributed by atoms with Gasteiger partial charge in [-0.1, -0.05) is 29.3 Å². The molecule has 88 valence electrons. The zero-order valence-electron chi connectivity index (χ0n) is 9.14. The van der Waals surface area contributed by atoms with Crippen molar-refractivity contribution in [3.05, 3.63) is 46.5 Å². The maximum atomic E-state index is 5.97. The molecule has 2 heterocycles. The molecule has 17 heavy (non-hydrogen) atoms. The Bertz CT molecular complexity index is 504. The fourth-order valence-corrected chi connectivity index (χ4v) is 1.84. The Hall–Kier alpha value is -1.39. The molecule has 0 atom stereocenters. The fraction of sp³-hybridized carbons (Fsp3) is 0.182. The van der Waals surface area contributed by atoms with Crippen LogP contribution in [0.4, 0.5) is 5.69 Å². The largest absolute Gasteiger partial charge is 0.368 e. The molecule has 0 unspecified atom stereocenters. The summed E-state index contributed by atoms with van der Waals surface area (Å²) in [6, 6.07) is 5.57. The Labute approximate surface area is 109 Å². The smallest absolute Gasteiger partial charge is 0.175 e. The number of anilines is 1. The Morgan fingerprint density at radius 2 is 2.12 bits per heavy atom. The lowest BCUT2D eigenvalue weighted by molar-refractivity contribution is 0.897. The molecule has 0 fully saturated rings. The van der Waals surface area contributed by atoms with Gasteiger partial charge >= 0.3 is 0 Å². The predicted octanol–water partition coefficient (Wildman–Crippen LogP) is 2.81. The summed E-state index contributed by atoms with van der Waals surface area (Å²) >= 11 is 11.8. The van der Waals surface area contributed by atoms with Crippen molar-refractivity contribution in [3.63, 3.8) is 0 Å². The molecule has 0 aliphatic heterocycles. The molecule has 0 aliphatic rings. The van der Waals surface area contributed by atoms with Crippen molar-refractivity contribution < 1.29 is 0 Å². The number of pyridine rings is 1. The average Bonchev–Trinajstić information content (AvgIpc) is 2.33. The molecule has 0 aliphatic carbocycles. The lowest BCUT2D eigenvalue weighted by atomic mass is 10.2. The van der Waals surface area contributed by atoms with Crippen LogP contribution in [0, 0.1) is 0 Å². The van der Waals surface area contributed by atoms with Crippen molar-refractivity contribution in [1.29, 1.82) is 0 Å². The third-order valence-electron chi connectivity index (χ3n) is 2.25. The van der Waals surface area contributed by atoms with Gasteiger partial charge in [-0.15, -0.1) is 10.2 Å². The quantitative estimate of drug-likeness (QED) is 0.859. The molecule has 2 aromatic heterocycles. The van der Waals surface area contributed by atoms with Gasteiger partial charge in [-0.05, 0) is 11.6 Å². The summed E-state index contributed by atoms with van der Waals surface area (Å²) in [7, 11) is 1.91. The highest BCUT2D eigenvalue weighted by molar-refractivity contribution is 6.33. The second kappa shape index (κ2) is 5.29. The zero-order valence-corrected chi connectivity index (χ0v) is 10.7. The summed E-state index contributed by atoms with van der Waals surface area (Å²) in [5, 5.41) is 8.10. The van der Waals surface area contributed by atoms with E-state index in [4.69, 9.17) is 23.2 Å². The topological polar surface area (TPSA) is 41.9 Å². The Kier molecular flexibility index (Phi) is 3.76. The maximum absolute atomic E-state index is 5.97. The summed E-state index contributed by atoms with van der Waals surface area (Å²) < 4.78 is 0. The molecular formula is C11H10Cl2N4. The number of nitrogens with zero attached hydrogens (tertiary/aromatic N) is 4. The highest BCUT2D eigenvalue weighted by atomic mass is 35.5. The van der Waals surface area contributed by atoms with Gasteiger partial charge in [0.15, 0.2) is 10.3 Å². The van der Waals surface area contributed by atoms with E-state index < -0.39 is 0 Å². The molecule has 0 N–H and O–H groups in total. The molecule has 0 bridgehead atoms. The summed E-state index contributed by atoms with van der Waals surface area (Å²) in [5.41, 5.74) is 1.83. The molecule has 0 radical (unpaired) electrons. The second-order valence-corrected chi connectivity index (χ2v) is 4.31. The van der Waals surface area contributed by atoms with Crippen LogP contribution in [0.1, 0.15) is 5.56 Å². The van der Waals surface area contributed by atoms with Crippen molar-refractivity contribution in [1.82, 2.24) is 15.2 Å². The van der Waals surface area contributed by atoms with Gasteiger partial charge in [0.1, 0.15) is 0 Å². The van der Waals surface area contributed by atoms with Crippen molar-refractivity contribution in [2.75, 3.05) is 11.9 Å². The van der Waals surface area contributed by atoms with Gasteiger partial charge in [0, 0.05) is 32.1 Å². The summed E-state index contributed by atoms with van der Waals surface area (Å²) in [6.45, 7) is 0.676. The van der Waals surface area contributed by atoms with E-state index in [1.54, 1.807) is 18.5 Å². The summed E-state index contributed by atoms with van der Waals surface area (Å²) in [5.74, 6) is 0. The highest BCUT2D eigenvalue weighted by Gasteiger charge is 2.09. The van der Waals surface area contributed by atoms with E-state index in [1.807, 2.05) is 24.1 Å². The first-order valence-corrected chi connectivity index (χ1v) is 5.71. The van der Waals surface area contributed by atoms with Crippen molar-refractivity contribution in [3.8, 4) is 0 Å². The van der Waals surface area contributed by atoms with Crippen LogP contribution in [0.5, 0.6) is 0 Å². The number of aromatic nitrogens is 3. The van der Waals surface area contributed by atoms with E-state index >= 15 is 0 Å². The molecule has 0 saturated heterocycles. The van der Waals surface area contributed by atoms with Crippen LogP contribution >= 0.6 is 23.2 Å². The Morgan fingerprint density at radius 3 is 2.82 bits per heavy atom. The number of hydrogen-bond donors (Lipinski definition) is 0.